The van der Waals surface area contributed by atoms with Crippen LogP contribution in [0.5, 0.6) is 0 Å². The number of halogens is 2. The summed E-state index contributed by atoms with van der Waals surface area (Å²) in [5, 5.41) is 1.36. The van der Waals surface area contributed by atoms with E-state index in [2.05, 4.69) is 11.8 Å². The summed E-state index contributed by atoms with van der Waals surface area (Å²) in [5.74, 6) is 0. The van der Waals surface area contributed by atoms with Gasteiger partial charge >= 0.3 is 0 Å². The molecule has 2 N–H and O–H groups in total. The van der Waals surface area contributed by atoms with E-state index in [0.717, 1.165) is 21.8 Å². The Kier molecular flexibility index (Phi) is 5.09. The number of rotatable bonds is 4. The molecule has 0 spiro atoms. The molecule has 0 bridgehead atoms. The summed E-state index contributed by atoms with van der Waals surface area (Å²) >= 11 is 17.2. The van der Waals surface area contributed by atoms with Gasteiger partial charge in [0.2, 0.25) is 0 Å². The molecule has 0 aromatic heterocycles. The van der Waals surface area contributed by atoms with E-state index < -0.39 is 0 Å². The van der Waals surface area contributed by atoms with Gasteiger partial charge in [-0.25, -0.2) is 0 Å². The van der Waals surface area contributed by atoms with Crippen molar-refractivity contribution in [2.45, 2.75) is 13.0 Å². The lowest BCUT2D eigenvalue weighted by Crippen LogP contribution is -2.22. The summed E-state index contributed by atoms with van der Waals surface area (Å²) in [6, 6.07) is 13.6. The number of thiocarbonyl (C=S) groups is 1. The second-order valence-electron chi connectivity index (χ2n) is 4.87. The zero-order valence-corrected chi connectivity index (χ0v) is 14.1. The summed E-state index contributed by atoms with van der Waals surface area (Å²) < 4.78 is 0. The summed E-state index contributed by atoms with van der Waals surface area (Å²) in [7, 11) is 2.00. The van der Waals surface area contributed by atoms with Crippen molar-refractivity contribution >= 4 is 46.1 Å². The van der Waals surface area contributed by atoms with Crippen LogP contribution in [0.2, 0.25) is 10.0 Å². The van der Waals surface area contributed by atoms with Crippen LogP contribution in [0.15, 0.2) is 42.5 Å². The fraction of sp³-hybridized carbons (Fsp3) is 0.188. The van der Waals surface area contributed by atoms with E-state index >= 15 is 0 Å². The second kappa shape index (κ2) is 6.65. The molecule has 0 saturated heterocycles. The molecule has 0 heterocycles. The fourth-order valence-electron chi connectivity index (χ4n) is 2.12. The average Bonchev–Trinajstić information content (AvgIpc) is 2.46. The summed E-state index contributed by atoms with van der Waals surface area (Å²) in [6.45, 7) is 2.11. The van der Waals surface area contributed by atoms with Gasteiger partial charge in [0.25, 0.3) is 0 Å². The predicted molar refractivity (Wildman–Crippen MR) is 95.6 cm³/mol. The molecule has 2 aromatic carbocycles. The molecular weight excluding hydrogens is 323 g/mol. The van der Waals surface area contributed by atoms with Crippen molar-refractivity contribution in [2.75, 3.05) is 11.9 Å². The molecule has 0 amide bonds. The SMILES string of the molecule is CC(c1ccc(Cl)cc1)N(C)c1ccc(C(N)=S)cc1Cl. The molecule has 2 rings (SSSR count). The van der Waals surface area contributed by atoms with Gasteiger partial charge in [0.15, 0.2) is 0 Å². The van der Waals surface area contributed by atoms with Crippen LogP contribution in [0.25, 0.3) is 0 Å². The Morgan fingerprint density at radius 2 is 1.76 bits per heavy atom. The summed E-state index contributed by atoms with van der Waals surface area (Å²) in [4.78, 5) is 2.45. The smallest absolute Gasteiger partial charge is 0.104 e. The molecular formula is C16H16Cl2N2S. The van der Waals surface area contributed by atoms with E-state index in [0.29, 0.717) is 10.0 Å². The third kappa shape index (κ3) is 3.67. The molecule has 21 heavy (non-hydrogen) atoms. The van der Waals surface area contributed by atoms with Crippen LogP contribution in [0, 0.1) is 0 Å². The van der Waals surface area contributed by atoms with Crippen molar-refractivity contribution in [3.05, 3.63) is 63.6 Å². The van der Waals surface area contributed by atoms with E-state index in [4.69, 9.17) is 41.2 Å². The lowest BCUT2D eigenvalue weighted by Gasteiger charge is -2.28. The molecule has 1 atom stereocenters. The topological polar surface area (TPSA) is 29.3 Å². The monoisotopic (exact) mass is 338 g/mol. The van der Waals surface area contributed by atoms with Gasteiger partial charge in [-0.2, -0.15) is 0 Å². The van der Waals surface area contributed by atoms with Crippen LogP contribution < -0.4 is 10.6 Å². The van der Waals surface area contributed by atoms with E-state index in [-0.39, 0.29) is 6.04 Å². The lowest BCUT2D eigenvalue weighted by molar-refractivity contribution is 0.740. The van der Waals surface area contributed by atoms with Crippen molar-refractivity contribution in [1.29, 1.82) is 0 Å². The largest absolute Gasteiger partial charge is 0.389 e. The Hall–Kier alpha value is -1.29. The van der Waals surface area contributed by atoms with Gasteiger partial charge in [0.05, 0.1) is 16.8 Å². The van der Waals surface area contributed by atoms with Gasteiger partial charge in [-0.05, 0) is 42.8 Å². The van der Waals surface area contributed by atoms with E-state index in [1.165, 1.54) is 0 Å². The Morgan fingerprint density at radius 3 is 2.29 bits per heavy atom. The van der Waals surface area contributed by atoms with Crippen molar-refractivity contribution in [3.8, 4) is 0 Å². The Morgan fingerprint density at radius 1 is 1.14 bits per heavy atom. The molecule has 0 aliphatic rings. The zero-order valence-electron chi connectivity index (χ0n) is 11.8. The first-order valence-corrected chi connectivity index (χ1v) is 7.64. The predicted octanol–water partition coefficient (Wildman–Crippen LogP) is 4.83. The zero-order chi connectivity index (χ0) is 15.6. The first-order chi connectivity index (χ1) is 9.90. The highest BCUT2D eigenvalue weighted by Crippen LogP contribution is 2.32. The van der Waals surface area contributed by atoms with Gasteiger partial charge in [-0.15, -0.1) is 0 Å². The van der Waals surface area contributed by atoms with Gasteiger partial charge in [0.1, 0.15) is 4.99 Å². The molecule has 2 aromatic rings. The molecule has 0 fully saturated rings. The maximum absolute atomic E-state index is 6.35. The van der Waals surface area contributed by atoms with Gasteiger partial charge in [-0.1, -0.05) is 47.6 Å². The maximum Gasteiger partial charge on any atom is 0.104 e. The second-order valence-corrected chi connectivity index (χ2v) is 6.15. The van der Waals surface area contributed by atoms with Gasteiger partial charge in [0, 0.05) is 17.6 Å². The minimum atomic E-state index is 0.162. The number of hydrogen-bond donors (Lipinski definition) is 1. The van der Waals surface area contributed by atoms with E-state index in [9.17, 15) is 0 Å². The van der Waals surface area contributed by atoms with Gasteiger partial charge < -0.3 is 10.6 Å². The Balaban J connectivity index is 2.28. The van der Waals surface area contributed by atoms with Crippen molar-refractivity contribution < 1.29 is 0 Å². The molecule has 1 unspecified atom stereocenters. The van der Waals surface area contributed by atoms with Crippen LogP contribution in [0.1, 0.15) is 24.1 Å². The van der Waals surface area contributed by atoms with Crippen LogP contribution in [0.3, 0.4) is 0 Å². The molecule has 0 saturated carbocycles. The summed E-state index contributed by atoms with van der Waals surface area (Å²) in [5.41, 5.74) is 8.48. The molecule has 5 heteroatoms. The highest BCUT2D eigenvalue weighted by atomic mass is 35.5. The summed E-state index contributed by atoms with van der Waals surface area (Å²) in [6.07, 6.45) is 0. The van der Waals surface area contributed by atoms with Gasteiger partial charge in [-0.3, -0.25) is 0 Å². The van der Waals surface area contributed by atoms with Crippen LogP contribution in [-0.4, -0.2) is 12.0 Å². The number of anilines is 1. The van der Waals surface area contributed by atoms with Crippen molar-refractivity contribution in [1.82, 2.24) is 0 Å². The van der Waals surface area contributed by atoms with Crippen LogP contribution >= 0.6 is 35.4 Å². The quantitative estimate of drug-likeness (QED) is 0.810. The normalized spacial score (nSPS) is 12.0. The Bertz CT molecular complexity index is 656. The molecule has 110 valence electrons. The van der Waals surface area contributed by atoms with Crippen LogP contribution in [-0.2, 0) is 0 Å². The highest BCUT2D eigenvalue weighted by Gasteiger charge is 2.15. The standard InChI is InChI=1S/C16H16Cl2N2S/c1-10(11-3-6-13(17)7-4-11)20(2)15-8-5-12(16(19)21)9-14(15)18/h3-10H,1-2H3,(H2,19,21). The van der Waals surface area contributed by atoms with Crippen molar-refractivity contribution in [3.63, 3.8) is 0 Å². The molecule has 0 aliphatic heterocycles. The Labute approximate surface area is 140 Å². The minimum Gasteiger partial charge on any atom is -0.389 e. The third-order valence-corrected chi connectivity index (χ3v) is 4.34. The molecule has 0 aliphatic carbocycles. The fourth-order valence-corrected chi connectivity index (χ4v) is 2.69. The van der Waals surface area contributed by atoms with E-state index in [1.54, 1.807) is 6.07 Å². The van der Waals surface area contributed by atoms with Crippen LogP contribution in [0.4, 0.5) is 5.69 Å². The number of nitrogens with zero attached hydrogens (tertiary/aromatic N) is 1. The first-order valence-electron chi connectivity index (χ1n) is 6.48. The minimum absolute atomic E-state index is 0.162. The maximum atomic E-state index is 6.35. The molecule has 2 nitrogen and oxygen atoms in total. The number of benzene rings is 2. The first kappa shape index (κ1) is 16.1. The lowest BCUT2D eigenvalue weighted by atomic mass is 10.1. The number of hydrogen-bond acceptors (Lipinski definition) is 2. The third-order valence-electron chi connectivity index (χ3n) is 3.55. The van der Waals surface area contributed by atoms with E-state index in [1.807, 2.05) is 43.4 Å². The highest BCUT2D eigenvalue weighted by molar-refractivity contribution is 7.80. The average molecular weight is 339 g/mol. The molecule has 0 radical (unpaired) electrons. The number of nitrogens with two attached hydrogens (primary N) is 1. The van der Waals surface area contributed by atoms with Crippen molar-refractivity contribution in [2.24, 2.45) is 5.73 Å².